The highest BCUT2D eigenvalue weighted by Crippen LogP contribution is 2.29. The summed E-state index contributed by atoms with van der Waals surface area (Å²) < 4.78 is 32.4. The van der Waals surface area contributed by atoms with Crippen LogP contribution in [0.2, 0.25) is 5.02 Å². The second kappa shape index (κ2) is 14.9. The number of rotatable bonds is 14. The number of nitrogens with zero attached hydrogens (tertiary/aromatic N) is 2. The Labute approximate surface area is 248 Å². The number of hydrogen-bond acceptors (Lipinski definition) is 5. The maximum Gasteiger partial charge on any atom is 0.244 e. The van der Waals surface area contributed by atoms with Crippen molar-refractivity contribution in [1.29, 1.82) is 0 Å². The lowest BCUT2D eigenvalue weighted by atomic mass is 10.0. The molecule has 0 spiro atoms. The molecule has 0 aliphatic carbocycles. The van der Waals surface area contributed by atoms with Crippen LogP contribution in [0.25, 0.3) is 0 Å². The quantitative estimate of drug-likeness (QED) is 0.264. The van der Waals surface area contributed by atoms with Crippen molar-refractivity contribution in [3.8, 4) is 5.75 Å². The first-order chi connectivity index (χ1) is 19.5. The lowest BCUT2D eigenvalue weighted by molar-refractivity contribution is -0.140. The highest BCUT2D eigenvalue weighted by molar-refractivity contribution is 7.92. The molecule has 2 amide bonds. The Hall–Kier alpha value is -3.56. The predicted octanol–water partition coefficient (Wildman–Crippen LogP) is 4.98. The van der Waals surface area contributed by atoms with E-state index in [-0.39, 0.29) is 18.9 Å². The number of halogens is 1. The minimum atomic E-state index is -3.89. The fourth-order valence-electron chi connectivity index (χ4n) is 4.49. The van der Waals surface area contributed by atoms with Crippen LogP contribution in [0.15, 0.2) is 72.8 Å². The van der Waals surface area contributed by atoms with Crippen molar-refractivity contribution in [2.75, 3.05) is 30.8 Å². The second-order valence-electron chi connectivity index (χ2n) is 9.88. The number of amides is 2. The zero-order valence-corrected chi connectivity index (χ0v) is 25.5. The second-order valence-corrected chi connectivity index (χ2v) is 12.2. The molecule has 0 unspecified atom stereocenters. The van der Waals surface area contributed by atoms with E-state index in [1.807, 2.05) is 49.4 Å². The van der Waals surface area contributed by atoms with E-state index in [9.17, 15) is 18.0 Å². The molecular weight excluding hydrogens is 562 g/mol. The first kappa shape index (κ1) is 32.0. The van der Waals surface area contributed by atoms with Gasteiger partial charge in [0, 0.05) is 24.5 Å². The summed E-state index contributed by atoms with van der Waals surface area (Å²) in [7, 11) is -2.33. The average Bonchev–Trinajstić information content (AvgIpc) is 2.95. The fraction of sp³-hybridized carbons (Fsp3) is 0.355. The number of sulfonamides is 1. The van der Waals surface area contributed by atoms with Crippen molar-refractivity contribution in [3.05, 3.63) is 94.5 Å². The number of carbonyl (C=O) groups excluding carboxylic acids is 2. The first-order valence-electron chi connectivity index (χ1n) is 13.5. The molecule has 220 valence electrons. The molecule has 1 N–H and O–H groups in total. The normalized spacial score (nSPS) is 11.9. The summed E-state index contributed by atoms with van der Waals surface area (Å²) in [6.07, 6.45) is 3.00. The van der Waals surface area contributed by atoms with E-state index < -0.39 is 28.5 Å². The lowest BCUT2D eigenvalue weighted by Gasteiger charge is -2.34. The van der Waals surface area contributed by atoms with Crippen molar-refractivity contribution in [1.82, 2.24) is 10.2 Å². The Morgan fingerprint density at radius 3 is 2.34 bits per heavy atom. The molecular formula is C31H38ClN3O5S. The molecule has 3 aromatic carbocycles. The molecule has 0 bridgehead atoms. The third-order valence-electron chi connectivity index (χ3n) is 6.77. The lowest BCUT2D eigenvalue weighted by Crippen LogP contribution is -2.53. The van der Waals surface area contributed by atoms with Crippen molar-refractivity contribution >= 4 is 39.1 Å². The van der Waals surface area contributed by atoms with Crippen molar-refractivity contribution in [3.63, 3.8) is 0 Å². The molecule has 0 saturated carbocycles. The van der Waals surface area contributed by atoms with Gasteiger partial charge in [0.1, 0.15) is 18.3 Å². The van der Waals surface area contributed by atoms with Gasteiger partial charge in [0.2, 0.25) is 21.8 Å². The third kappa shape index (κ3) is 8.96. The van der Waals surface area contributed by atoms with Gasteiger partial charge in [0.05, 0.1) is 19.1 Å². The molecule has 10 heteroatoms. The Morgan fingerprint density at radius 1 is 1.00 bits per heavy atom. The number of methoxy groups -OCH3 is 1. The molecule has 0 aromatic heterocycles. The van der Waals surface area contributed by atoms with E-state index in [0.717, 1.165) is 34.5 Å². The van der Waals surface area contributed by atoms with Crippen LogP contribution in [-0.4, -0.2) is 57.6 Å². The summed E-state index contributed by atoms with van der Waals surface area (Å²) in [4.78, 5) is 29.3. The molecule has 41 heavy (non-hydrogen) atoms. The standard InChI is InChI=1S/C31H38ClN3O5S/c1-5-6-18-33-31(37)29(20-24-12-8-7-9-13-24)34(21-25-14-10-15-26(19-25)40-3)30(36)22-35(41(4,38)39)28-17-11-16-27(32)23(28)2/h7-17,19,29H,5-6,18,20-22H2,1-4H3,(H,33,37)/t29-/m0/s1. The van der Waals surface area contributed by atoms with Crippen molar-refractivity contribution < 1.29 is 22.7 Å². The monoisotopic (exact) mass is 599 g/mol. The zero-order valence-electron chi connectivity index (χ0n) is 24.0. The van der Waals surface area contributed by atoms with E-state index in [0.29, 0.717) is 28.6 Å². The number of unbranched alkanes of at least 4 members (excludes halogenated alkanes) is 1. The number of carbonyl (C=O) groups is 2. The Balaban J connectivity index is 2.07. The van der Waals surface area contributed by atoms with E-state index in [2.05, 4.69) is 5.32 Å². The van der Waals surface area contributed by atoms with E-state index in [1.165, 1.54) is 4.90 Å². The van der Waals surface area contributed by atoms with Crippen LogP contribution < -0.4 is 14.4 Å². The number of benzene rings is 3. The topological polar surface area (TPSA) is 96.0 Å². The summed E-state index contributed by atoms with van der Waals surface area (Å²) in [5, 5.41) is 3.36. The summed E-state index contributed by atoms with van der Waals surface area (Å²) in [5.41, 5.74) is 2.45. The maximum absolute atomic E-state index is 14.2. The van der Waals surface area contributed by atoms with Gasteiger partial charge in [-0.3, -0.25) is 13.9 Å². The van der Waals surface area contributed by atoms with Gasteiger partial charge in [-0.2, -0.15) is 0 Å². The molecule has 0 saturated heterocycles. The minimum absolute atomic E-state index is 0.0703. The molecule has 0 radical (unpaired) electrons. The molecule has 3 rings (SSSR count). The van der Waals surface area contributed by atoms with Crippen LogP contribution in [-0.2, 0) is 32.6 Å². The number of ether oxygens (including phenoxy) is 1. The summed E-state index contributed by atoms with van der Waals surface area (Å²) >= 11 is 6.30. The van der Waals surface area contributed by atoms with Crippen LogP contribution in [0.3, 0.4) is 0 Å². The zero-order chi connectivity index (χ0) is 30.0. The molecule has 0 heterocycles. The van der Waals surface area contributed by atoms with Gasteiger partial charge in [0.25, 0.3) is 0 Å². The Morgan fingerprint density at radius 2 is 1.68 bits per heavy atom. The third-order valence-corrected chi connectivity index (χ3v) is 8.31. The maximum atomic E-state index is 14.2. The molecule has 0 aliphatic heterocycles. The summed E-state index contributed by atoms with van der Waals surface area (Å²) in [6.45, 7) is 3.77. The van der Waals surface area contributed by atoms with E-state index in [4.69, 9.17) is 16.3 Å². The van der Waals surface area contributed by atoms with E-state index in [1.54, 1.807) is 44.4 Å². The first-order valence-corrected chi connectivity index (χ1v) is 15.7. The number of nitrogens with one attached hydrogen (secondary N) is 1. The highest BCUT2D eigenvalue weighted by atomic mass is 35.5. The molecule has 8 nitrogen and oxygen atoms in total. The molecule has 0 aliphatic rings. The van der Waals surface area contributed by atoms with Gasteiger partial charge < -0.3 is 15.0 Å². The molecule has 0 fully saturated rings. The Kier molecular flexibility index (Phi) is 11.6. The summed E-state index contributed by atoms with van der Waals surface area (Å²) in [6, 6.07) is 20.7. The van der Waals surface area contributed by atoms with Gasteiger partial charge in [-0.1, -0.05) is 73.5 Å². The van der Waals surface area contributed by atoms with Gasteiger partial charge in [-0.15, -0.1) is 0 Å². The van der Waals surface area contributed by atoms with E-state index >= 15 is 0 Å². The van der Waals surface area contributed by atoms with Crippen LogP contribution in [0, 0.1) is 6.92 Å². The molecule has 1 atom stereocenters. The largest absolute Gasteiger partial charge is 0.497 e. The van der Waals surface area contributed by atoms with Crippen LogP contribution in [0.1, 0.15) is 36.5 Å². The van der Waals surface area contributed by atoms with Gasteiger partial charge in [-0.05, 0) is 54.3 Å². The van der Waals surface area contributed by atoms with Crippen molar-refractivity contribution in [2.45, 2.75) is 45.7 Å². The number of hydrogen-bond donors (Lipinski definition) is 1. The van der Waals surface area contributed by atoms with Crippen LogP contribution in [0.5, 0.6) is 5.75 Å². The smallest absolute Gasteiger partial charge is 0.244 e. The van der Waals surface area contributed by atoms with Crippen molar-refractivity contribution in [2.24, 2.45) is 0 Å². The van der Waals surface area contributed by atoms with Gasteiger partial charge in [-0.25, -0.2) is 8.42 Å². The minimum Gasteiger partial charge on any atom is -0.497 e. The number of anilines is 1. The molecule has 3 aromatic rings. The average molecular weight is 600 g/mol. The van der Waals surface area contributed by atoms with Crippen LogP contribution in [0.4, 0.5) is 5.69 Å². The Bertz CT molecular complexity index is 1430. The highest BCUT2D eigenvalue weighted by Gasteiger charge is 2.33. The summed E-state index contributed by atoms with van der Waals surface area (Å²) in [5.74, 6) is -0.221. The van der Waals surface area contributed by atoms with Crippen LogP contribution >= 0.6 is 11.6 Å². The van der Waals surface area contributed by atoms with Gasteiger partial charge >= 0.3 is 0 Å². The van der Waals surface area contributed by atoms with Gasteiger partial charge in [0.15, 0.2) is 0 Å². The predicted molar refractivity (Wildman–Crippen MR) is 164 cm³/mol. The SMILES string of the molecule is CCCCNC(=O)[C@H](Cc1ccccc1)N(Cc1cccc(OC)c1)C(=O)CN(c1cccc(Cl)c1C)S(C)(=O)=O. The fourth-order valence-corrected chi connectivity index (χ4v) is 5.56.